The molecule has 7 nitrogen and oxygen atoms in total. The van der Waals surface area contributed by atoms with E-state index < -0.39 is 29.6 Å². The monoisotopic (exact) mass is 484 g/mol. The molecule has 1 fully saturated rings. The smallest absolute Gasteiger partial charge is 0.254 e. The lowest BCUT2D eigenvalue weighted by Crippen LogP contribution is -2.43. The van der Waals surface area contributed by atoms with Crippen molar-refractivity contribution in [2.75, 3.05) is 25.5 Å². The summed E-state index contributed by atoms with van der Waals surface area (Å²) in [7, 11) is 1.49. The van der Waals surface area contributed by atoms with Gasteiger partial charge < -0.3 is 15.1 Å². The van der Waals surface area contributed by atoms with E-state index in [9.17, 15) is 24.0 Å². The van der Waals surface area contributed by atoms with Crippen LogP contribution in [0.15, 0.2) is 78.9 Å². The maximum atomic E-state index is 14.2. The van der Waals surface area contributed by atoms with Crippen LogP contribution in [0, 0.1) is 23.1 Å². The molecule has 8 heteroatoms. The molecule has 1 heterocycles. The number of amides is 3. The second kappa shape index (κ2) is 10.8. The van der Waals surface area contributed by atoms with Gasteiger partial charge in [0.15, 0.2) is 0 Å². The summed E-state index contributed by atoms with van der Waals surface area (Å²) in [5, 5.41) is 12.4. The van der Waals surface area contributed by atoms with Gasteiger partial charge in [-0.3, -0.25) is 14.4 Å². The first kappa shape index (κ1) is 24.6. The minimum absolute atomic E-state index is 0.0977. The number of nitrogens with zero attached hydrogens (tertiary/aromatic N) is 3. The Labute approximate surface area is 208 Å². The van der Waals surface area contributed by atoms with E-state index in [4.69, 9.17) is 0 Å². The van der Waals surface area contributed by atoms with Crippen molar-refractivity contribution < 1.29 is 18.8 Å². The third kappa shape index (κ3) is 5.41. The number of anilines is 1. The Hall–Kier alpha value is -4.51. The summed E-state index contributed by atoms with van der Waals surface area (Å²) in [6, 6.07) is 23.2. The summed E-state index contributed by atoms with van der Waals surface area (Å²) in [6.45, 7) is -0.158. The quantitative estimate of drug-likeness (QED) is 0.574. The van der Waals surface area contributed by atoms with Crippen molar-refractivity contribution in [1.29, 1.82) is 5.26 Å². The molecule has 1 N–H and O–H groups in total. The van der Waals surface area contributed by atoms with Crippen LogP contribution in [0.25, 0.3) is 11.1 Å². The van der Waals surface area contributed by atoms with Crippen LogP contribution < -0.4 is 5.32 Å². The number of hydrogen-bond acceptors (Lipinski definition) is 4. The van der Waals surface area contributed by atoms with Gasteiger partial charge in [-0.25, -0.2) is 4.39 Å². The van der Waals surface area contributed by atoms with E-state index in [1.54, 1.807) is 66.7 Å². The number of carbonyl (C=O) groups excluding carboxylic acids is 3. The lowest BCUT2D eigenvalue weighted by atomic mass is 10.0. The number of likely N-dealkylation sites (N-methyl/N-ethyl adjacent to an activating group) is 1. The van der Waals surface area contributed by atoms with E-state index in [-0.39, 0.29) is 25.4 Å². The highest BCUT2D eigenvalue weighted by atomic mass is 19.1. The van der Waals surface area contributed by atoms with Crippen LogP contribution in [0.1, 0.15) is 16.8 Å². The van der Waals surface area contributed by atoms with E-state index in [0.29, 0.717) is 22.4 Å². The first-order valence-electron chi connectivity index (χ1n) is 11.5. The summed E-state index contributed by atoms with van der Waals surface area (Å²) in [6.07, 6.45) is 0.225. The fourth-order valence-electron chi connectivity index (χ4n) is 4.29. The van der Waals surface area contributed by atoms with E-state index >= 15 is 0 Å². The van der Waals surface area contributed by atoms with Crippen molar-refractivity contribution >= 4 is 23.4 Å². The fraction of sp³-hybridized carbons (Fsp3) is 0.214. The van der Waals surface area contributed by atoms with Crippen LogP contribution in [-0.2, 0) is 9.59 Å². The molecular weight excluding hydrogens is 459 g/mol. The SMILES string of the molecule is CN(CC(=O)N1CC(C(=O)Nc2ccccc2)CC1C#N)C(=O)c1cccc(-c2ccccc2F)c1. The van der Waals surface area contributed by atoms with Crippen LogP contribution in [-0.4, -0.2) is 53.7 Å². The molecule has 3 amide bonds. The van der Waals surface area contributed by atoms with Crippen LogP contribution >= 0.6 is 0 Å². The minimum Gasteiger partial charge on any atom is -0.332 e. The molecule has 0 aliphatic carbocycles. The van der Waals surface area contributed by atoms with Crippen LogP contribution in [0.2, 0.25) is 0 Å². The average Bonchev–Trinajstić information content (AvgIpc) is 3.34. The maximum Gasteiger partial charge on any atom is 0.254 e. The van der Waals surface area contributed by atoms with Gasteiger partial charge in [-0.15, -0.1) is 0 Å². The van der Waals surface area contributed by atoms with E-state index in [1.165, 1.54) is 22.9 Å². The molecule has 0 saturated carbocycles. The molecule has 2 atom stereocenters. The average molecular weight is 485 g/mol. The zero-order valence-corrected chi connectivity index (χ0v) is 19.7. The molecule has 182 valence electrons. The Morgan fingerprint density at radius 2 is 1.78 bits per heavy atom. The number of rotatable bonds is 6. The number of para-hydroxylation sites is 1. The topological polar surface area (TPSA) is 93.5 Å². The molecule has 0 radical (unpaired) electrons. The van der Waals surface area contributed by atoms with Gasteiger partial charge in [0.25, 0.3) is 5.91 Å². The van der Waals surface area contributed by atoms with E-state index in [0.717, 1.165) is 0 Å². The molecular formula is C28H25FN4O3. The molecule has 3 aromatic rings. The van der Waals surface area contributed by atoms with Crippen molar-refractivity contribution in [2.45, 2.75) is 12.5 Å². The van der Waals surface area contributed by atoms with Crippen molar-refractivity contribution in [2.24, 2.45) is 5.92 Å². The highest BCUT2D eigenvalue weighted by Gasteiger charge is 2.39. The number of nitriles is 1. The minimum atomic E-state index is -0.753. The van der Waals surface area contributed by atoms with Crippen LogP contribution in [0.5, 0.6) is 0 Å². The molecule has 0 spiro atoms. The standard InChI is InChI=1S/C28H25FN4O3/c1-32(28(36)20-9-7-8-19(14-20)24-12-5-6-13-25(24)29)18-26(34)33-17-21(15-23(33)16-30)27(35)31-22-10-3-2-4-11-22/h2-14,21,23H,15,17-18H2,1H3,(H,31,35). The molecule has 2 unspecified atom stereocenters. The number of carbonyl (C=O) groups is 3. The molecule has 1 aliphatic heterocycles. The molecule has 4 rings (SSSR count). The van der Waals surface area contributed by atoms with Gasteiger partial charge in [0.2, 0.25) is 11.8 Å². The maximum absolute atomic E-state index is 14.2. The van der Waals surface area contributed by atoms with Gasteiger partial charge in [-0.05, 0) is 42.3 Å². The highest BCUT2D eigenvalue weighted by molar-refractivity contribution is 5.98. The molecule has 36 heavy (non-hydrogen) atoms. The summed E-state index contributed by atoms with van der Waals surface area (Å²) in [5.41, 5.74) is 1.88. The largest absolute Gasteiger partial charge is 0.332 e. The van der Waals surface area contributed by atoms with Gasteiger partial charge >= 0.3 is 0 Å². The highest BCUT2D eigenvalue weighted by Crippen LogP contribution is 2.26. The number of benzene rings is 3. The number of halogens is 1. The molecule has 0 bridgehead atoms. The second-order valence-electron chi connectivity index (χ2n) is 8.70. The van der Waals surface area contributed by atoms with Crippen LogP contribution in [0.4, 0.5) is 10.1 Å². The van der Waals surface area contributed by atoms with Gasteiger partial charge in [0.05, 0.1) is 18.5 Å². The molecule has 3 aromatic carbocycles. The van der Waals surface area contributed by atoms with Crippen molar-refractivity contribution in [3.8, 4) is 17.2 Å². The van der Waals surface area contributed by atoms with E-state index in [1.807, 2.05) is 6.07 Å². The van der Waals surface area contributed by atoms with Gasteiger partial charge in [0.1, 0.15) is 11.9 Å². The zero-order valence-electron chi connectivity index (χ0n) is 19.7. The molecule has 1 aliphatic rings. The lowest BCUT2D eigenvalue weighted by Gasteiger charge is -2.24. The summed E-state index contributed by atoms with van der Waals surface area (Å²) >= 11 is 0. The van der Waals surface area contributed by atoms with Crippen molar-refractivity contribution in [3.05, 3.63) is 90.2 Å². The summed E-state index contributed by atoms with van der Waals surface area (Å²) < 4.78 is 14.2. The normalized spacial score (nSPS) is 16.8. The van der Waals surface area contributed by atoms with Gasteiger partial charge in [0, 0.05) is 30.4 Å². The first-order chi connectivity index (χ1) is 17.4. The summed E-state index contributed by atoms with van der Waals surface area (Å²) in [4.78, 5) is 41.3. The predicted molar refractivity (Wildman–Crippen MR) is 133 cm³/mol. The van der Waals surface area contributed by atoms with Gasteiger partial charge in [-0.1, -0.05) is 48.5 Å². The van der Waals surface area contributed by atoms with Gasteiger partial charge in [-0.2, -0.15) is 5.26 Å². The van der Waals surface area contributed by atoms with Crippen molar-refractivity contribution in [1.82, 2.24) is 9.80 Å². The Balaban J connectivity index is 1.41. The fourth-order valence-corrected chi connectivity index (χ4v) is 4.29. The lowest BCUT2D eigenvalue weighted by molar-refractivity contribution is -0.131. The number of likely N-dealkylation sites (tertiary alicyclic amines) is 1. The molecule has 1 saturated heterocycles. The Morgan fingerprint density at radius 3 is 2.50 bits per heavy atom. The predicted octanol–water partition coefficient (Wildman–Crippen LogP) is 3.94. The second-order valence-corrected chi connectivity index (χ2v) is 8.70. The Bertz CT molecular complexity index is 1320. The first-order valence-corrected chi connectivity index (χ1v) is 11.5. The third-order valence-electron chi connectivity index (χ3n) is 6.20. The summed E-state index contributed by atoms with van der Waals surface area (Å²) in [5.74, 6) is -2.01. The molecule has 0 aromatic heterocycles. The number of hydrogen-bond donors (Lipinski definition) is 1. The third-order valence-corrected chi connectivity index (χ3v) is 6.20. The number of nitrogens with one attached hydrogen (secondary N) is 1. The van der Waals surface area contributed by atoms with Crippen LogP contribution in [0.3, 0.4) is 0 Å². The Kier molecular flexibility index (Phi) is 7.40. The van der Waals surface area contributed by atoms with E-state index in [2.05, 4.69) is 11.4 Å². The van der Waals surface area contributed by atoms with Crippen molar-refractivity contribution in [3.63, 3.8) is 0 Å². The Morgan fingerprint density at radius 1 is 1.06 bits per heavy atom. The zero-order chi connectivity index (χ0) is 25.7.